The van der Waals surface area contributed by atoms with Crippen LogP contribution in [0.2, 0.25) is 0 Å². The summed E-state index contributed by atoms with van der Waals surface area (Å²) < 4.78 is 18.6. The molecule has 34 heavy (non-hydrogen) atoms. The normalized spacial score (nSPS) is 15.4. The van der Waals surface area contributed by atoms with E-state index in [-0.39, 0.29) is 12.0 Å². The van der Waals surface area contributed by atoms with Crippen LogP contribution < -0.4 is 14.4 Å². The first-order valence-corrected chi connectivity index (χ1v) is 12.3. The number of benzene rings is 3. The maximum Gasteiger partial charge on any atom is 0.260 e. The van der Waals surface area contributed by atoms with Crippen molar-refractivity contribution in [1.29, 1.82) is 0 Å². The molecule has 0 bridgehead atoms. The first kappa shape index (κ1) is 22.4. The zero-order valence-corrected chi connectivity index (χ0v) is 19.8. The van der Waals surface area contributed by atoms with Crippen molar-refractivity contribution in [3.63, 3.8) is 0 Å². The average Bonchev–Trinajstić information content (AvgIpc) is 3.53. The molecule has 1 aliphatic heterocycles. The summed E-state index contributed by atoms with van der Waals surface area (Å²) in [5.74, 6) is 1.92. The molecule has 174 valence electrons. The summed E-state index contributed by atoms with van der Waals surface area (Å²) in [6.45, 7) is 3.68. The number of hydrogen-bond acceptors (Lipinski definition) is 6. The summed E-state index contributed by atoms with van der Waals surface area (Å²) in [6.07, 6.45) is 1.92. The predicted octanol–water partition coefficient (Wildman–Crippen LogP) is 6.31. The summed E-state index contributed by atoms with van der Waals surface area (Å²) in [6, 6.07) is 22.7. The standard InChI is InChI=1S/C27H26N2O4S/c1-2-31-23-14-7-15-24-25(23)28-27(34-24)29(18-22-13-8-16-32-22)26(30)19-9-6-12-21(17-19)33-20-10-4-3-5-11-20/h3-7,9-12,14-15,17,22H,2,8,13,16,18H2,1H3. The molecule has 3 aromatic carbocycles. The largest absolute Gasteiger partial charge is 0.492 e. The molecule has 0 spiro atoms. The lowest BCUT2D eigenvalue weighted by atomic mass is 10.1. The zero-order chi connectivity index (χ0) is 23.3. The number of carbonyl (C=O) groups is 1. The van der Waals surface area contributed by atoms with Crippen molar-refractivity contribution in [2.75, 3.05) is 24.7 Å². The minimum absolute atomic E-state index is 0.00826. The summed E-state index contributed by atoms with van der Waals surface area (Å²) >= 11 is 1.49. The van der Waals surface area contributed by atoms with Gasteiger partial charge in [0.05, 0.1) is 24.0 Å². The number of hydrogen-bond donors (Lipinski definition) is 0. The van der Waals surface area contributed by atoms with Crippen molar-refractivity contribution in [2.24, 2.45) is 0 Å². The van der Waals surface area contributed by atoms with E-state index in [1.807, 2.05) is 73.7 Å². The van der Waals surface area contributed by atoms with Crippen molar-refractivity contribution >= 4 is 32.6 Å². The number of carbonyl (C=O) groups excluding carboxylic acids is 1. The van der Waals surface area contributed by atoms with Gasteiger partial charge in [0, 0.05) is 12.2 Å². The van der Waals surface area contributed by atoms with Crippen LogP contribution in [0.4, 0.5) is 5.13 Å². The minimum atomic E-state index is -0.133. The molecular formula is C27H26N2O4S. The number of amides is 1. The third-order valence-electron chi connectivity index (χ3n) is 5.62. The Morgan fingerprint density at radius 1 is 1.09 bits per heavy atom. The molecule has 4 aromatic rings. The van der Waals surface area contributed by atoms with Crippen LogP contribution in [-0.4, -0.2) is 36.8 Å². The molecule has 1 unspecified atom stereocenters. The maximum absolute atomic E-state index is 13.8. The lowest BCUT2D eigenvalue weighted by Crippen LogP contribution is -2.37. The van der Waals surface area contributed by atoms with Crippen molar-refractivity contribution in [1.82, 2.24) is 4.98 Å². The van der Waals surface area contributed by atoms with Gasteiger partial charge in [-0.1, -0.05) is 41.7 Å². The van der Waals surface area contributed by atoms with Crippen LogP contribution in [0.1, 0.15) is 30.1 Å². The second-order valence-electron chi connectivity index (χ2n) is 8.03. The van der Waals surface area contributed by atoms with Crippen LogP contribution in [0.25, 0.3) is 10.2 Å². The zero-order valence-electron chi connectivity index (χ0n) is 19.0. The molecule has 1 aromatic heterocycles. The molecule has 0 radical (unpaired) electrons. The Morgan fingerprint density at radius 3 is 2.71 bits per heavy atom. The van der Waals surface area contributed by atoms with E-state index < -0.39 is 0 Å². The molecule has 1 saturated heterocycles. The molecule has 1 atom stereocenters. The van der Waals surface area contributed by atoms with Crippen LogP contribution in [0.15, 0.2) is 72.8 Å². The molecule has 1 amide bonds. The highest BCUT2D eigenvalue weighted by atomic mass is 32.1. The molecule has 2 heterocycles. The van der Waals surface area contributed by atoms with E-state index in [1.165, 1.54) is 11.3 Å². The van der Waals surface area contributed by atoms with Gasteiger partial charge >= 0.3 is 0 Å². The minimum Gasteiger partial charge on any atom is -0.492 e. The van der Waals surface area contributed by atoms with Crippen LogP contribution in [-0.2, 0) is 4.74 Å². The molecule has 0 N–H and O–H groups in total. The summed E-state index contributed by atoms with van der Waals surface area (Å²) in [5.41, 5.74) is 1.31. The van der Waals surface area contributed by atoms with Gasteiger partial charge < -0.3 is 14.2 Å². The topological polar surface area (TPSA) is 60.9 Å². The quantitative estimate of drug-likeness (QED) is 0.299. The van der Waals surface area contributed by atoms with Crippen molar-refractivity contribution in [2.45, 2.75) is 25.9 Å². The average molecular weight is 475 g/mol. The monoisotopic (exact) mass is 474 g/mol. The number of fused-ring (bicyclic) bond motifs is 1. The van der Waals surface area contributed by atoms with Crippen molar-refractivity contribution < 1.29 is 19.0 Å². The lowest BCUT2D eigenvalue weighted by molar-refractivity contribution is 0.0917. The van der Waals surface area contributed by atoms with E-state index in [1.54, 1.807) is 11.0 Å². The molecule has 1 fully saturated rings. The van der Waals surface area contributed by atoms with Gasteiger partial charge in [0.15, 0.2) is 5.13 Å². The fourth-order valence-corrected chi connectivity index (χ4v) is 5.00. The molecule has 1 aliphatic rings. The van der Waals surface area contributed by atoms with Crippen LogP contribution in [0.3, 0.4) is 0 Å². The SMILES string of the molecule is CCOc1cccc2sc(N(CC3CCCO3)C(=O)c3cccc(Oc4ccccc4)c3)nc12. The van der Waals surface area contributed by atoms with E-state index in [9.17, 15) is 4.79 Å². The second kappa shape index (κ2) is 10.2. The number of thiazole rings is 1. The number of ether oxygens (including phenoxy) is 3. The number of para-hydroxylation sites is 2. The van der Waals surface area contributed by atoms with Crippen LogP contribution in [0, 0.1) is 0 Å². The lowest BCUT2D eigenvalue weighted by Gasteiger charge is -2.23. The predicted molar refractivity (Wildman–Crippen MR) is 134 cm³/mol. The molecule has 0 aliphatic carbocycles. The molecule has 6 nitrogen and oxygen atoms in total. The third kappa shape index (κ3) is 4.90. The van der Waals surface area contributed by atoms with Crippen LogP contribution >= 0.6 is 11.3 Å². The Bertz CT molecular complexity index is 1270. The fourth-order valence-electron chi connectivity index (χ4n) is 4.01. The van der Waals surface area contributed by atoms with Crippen LogP contribution in [0.5, 0.6) is 17.2 Å². The van der Waals surface area contributed by atoms with Gasteiger partial charge in [-0.15, -0.1) is 0 Å². The number of rotatable bonds is 8. The number of nitrogens with zero attached hydrogens (tertiary/aromatic N) is 2. The van der Waals surface area contributed by atoms with Gasteiger partial charge in [-0.05, 0) is 62.2 Å². The van der Waals surface area contributed by atoms with Gasteiger partial charge in [-0.2, -0.15) is 0 Å². The fraction of sp³-hybridized carbons (Fsp3) is 0.259. The van der Waals surface area contributed by atoms with Gasteiger partial charge in [-0.25, -0.2) is 4.98 Å². The summed E-state index contributed by atoms with van der Waals surface area (Å²) in [7, 11) is 0. The smallest absolute Gasteiger partial charge is 0.260 e. The van der Waals surface area contributed by atoms with Gasteiger partial charge in [-0.3, -0.25) is 9.69 Å². The first-order chi connectivity index (χ1) is 16.7. The van der Waals surface area contributed by atoms with E-state index >= 15 is 0 Å². The van der Waals surface area contributed by atoms with E-state index in [2.05, 4.69) is 0 Å². The van der Waals surface area contributed by atoms with Gasteiger partial charge in [0.25, 0.3) is 5.91 Å². The maximum atomic E-state index is 13.8. The van der Waals surface area contributed by atoms with Crippen molar-refractivity contribution in [3.8, 4) is 17.2 Å². The third-order valence-corrected chi connectivity index (χ3v) is 6.66. The Kier molecular flexibility index (Phi) is 6.74. The Balaban J connectivity index is 1.47. The second-order valence-corrected chi connectivity index (χ2v) is 9.04. The van der Waals surface area contributed by atoms with E-state index in [0.717, 1.165) is 41.2 Å². The number of aromatic nitrogens is 1. The Hall–Kier alpha value is -3.42. The van der Waals surface area contributed by atoms with Gasteiger partial charge in [0.1, 0.15) is 22.8 Å². The molecule has 0 saturated carbocycles. The number of anilines is 1. The molecule has 7 heteroatoms. The Morgan fingerprint density at radius 2 is 1.91 bits per heavy atom. The Labute approximate surface area is 202 Å². The molecule has 5 rings (SSSR count). The van der Waals surface area contributed by atoms with Crippen molar-refractivity contribution in [3.05, 3.63) is 78.4 Å². The van der Waals surface area contributed by atoms with E-state index in [4.69, 9.17) is 19.2 Å². The molecular weight excluding hydrogens is 448 g/mol. The first-order valence-electron chi connectivity index (χ1n) is 11.5. The highest BCUT2D eigenvalue weighted by Gasteiger charge is 2.27. The summed E-state index contributed by atoms with van der Waals surface area (Å²) in [4.78, 5) is 20.3. The highest BCUT2D eigenvalue weighted by molar-refractivity contribution is 7.22. The highest BCUT2D eigenvalue weighted by Crippen LogP contribution is 2.35. The van der Waals surface area contributed by atoms with Gasteiger partial charge in [0.2, 0.25) is 0 Å². The van der Waals surface area contributed by atoms with E-state index in [0.29, 0.717) is 29.6 Å². The summed E-state index contributed by atoms with van der Waals surface area (Å²) in [5, 5.41) is 0.636.